The van der Waals surface area contributed by atoms with E-state index in [1.165, 1.54) is 5.39 Å². The van der Waals surface area contributed by atoms with Crippen LogP contribution in [0.15, 0.2) is 216 Å². The van der Waals surface area contributed by atoms with E-state index in [4.69, 9.17) is 15.0 Å². The van der Waals surface area contributed by atoms with E-state index in [1.807, 2.05) is 91.0 Å². The third-order valence-electron chi connectivity index (χ3n) is 11.6. The predicted octanol–water partition coefficient (Wildman–Crippen LogP) is 11.5. The van der Waals surface area contributed by atoms with Crippen LogP contribution in [0.2, 0.25) is 0 Å². The molecule has 0 amide bonds. The third kappa shape index (κ3) is 5.39. The van der Waals surface area contributed by atoms with E-state index in [0.717, 1.165) is 61.1 Å². The Morgan fingerprint density at radius 2 is 0.847 bits per heavy atom. The minimum absolute atomic E-state index is 0.310. The minimum Gasteiger partial charge on any atom is -0.309 e. The second kappa shape index (κ2) is 13.6. The zero-order valence-electron chi connectivity index (χ0n) is 31.6. The number of fused-ring (bicyclic) bond motifs is 5. The van der Waals surface area contributed by atoms with Gasteiger partial charge in [0.15, 0.2) is 17.5 Å². The second-order valence-electron chi connectivity index (χ2n) is 14.8. The lowest BCUT2D eigenvalue weighted by molar-refractivity contribution is 0.579. The van der Waals surface area contributed by atoms with Crippen molar-refractivity contribution in [2.75, 3.05) is 0 Å². The molecule has 11 rings (SSSR count). The van der Waals surface area contributed by atoms with Crippen molar-refractivity contribution < 1.29 is 8.42 Å². The summed E-state index contributed by atoms with van der Waals surface area (Å²) in [6, 6.07) is 68.5. The number of benzene rings is 8. The summed E-state index contributed by atoms with van der Waals surface area (Å²) in [5.41, 5.74) is 8.24. The fraction of sp³-hybridized carbons (Fsp3) is 0.0192. The molecule has 1 aliphatic rings. The normalized spacial score (nSPS) is 13.8. The molecule has 0 fully saturated rings. The van der Waals surface area contributed by atoms with E-state index >= 15 is 0 Å². The molecule has 0 bridgehead atoms. The van der Waals surface area contributed by atoms with Crippen molar-refractivity contribution in [2.45, 2.75) is 15.2 Å². The summed E-state index contributed by atoms with van der Waals surface area (Å²) in [4.78, 5) is 15.9. The third-order valence-corrected chi connectivity index (χ3v) is 13.4. The highest BCUT2D eigenvalue weighted by atomic mass is 32.2. The number of hydrogen-bond donors (Lipinski definition) is 0. The first-order valence-electron chi connectivity index (χ1n) is 19.5. The molecule has 0 saturated heterocycles. The molecule has 0 atom stereocenters. The first-order chi connectivity index (χ1) is 29.0. The van der Waals surface area contributed by atoms with Gasteiger partial charge in [0.25, 0.3) is 0 Å². The average molecular weight is 779 g/mol. The van der Waals surface area contributed by atoms with Crippen molar-refractivity contribution in [3.8, 4) is 39.9 Å². The van der Waals surface area contributed by atoms with Gasteiger partial charge < -0.3 is 4.57 Å². The van der Waals surface area contributed by atoms with Gasteiger partial charge in [-0.2, -0.15) is 0 Å². The number of hydrogen-bond acceptors (Lipinski definition) is 5. The molecule has 59 heavy (non-hydrogen) atoms. The zero-order chi connectivity index (χ0) is 39.6. The summed E-state index contributed by atoms with van der Waals surface area (Å²) in [5, 5.41) is 2.32. The van der Waals surface area contributed by atoms with Crippen LogP contribution in [0, 0.1) is 0 Å². The lowest BCUT2D eigenvalue weighted by Gasteiger charge is -2.41. The fourth-order valence-electron chi connectivity index (χ4n) is 8.95. The van der Waals surface area contributed by atoms with Crippen LogP contribution in [0.5, 0.6) is 0 Å². The van der Waals surface area contributed by atoms with E-state index in [9.17, 15) is 8.42 Å². The monoisotopic (exact) mass is 778 g/mol. The standard InChI is InChI=1S/C52H34N4O2S/c57-59(58)47-26-14-11-23-43(47)52(38-18-6-2-7-19-38,44-24-12-15-27-48(44)59)39-31-28-36(29-32-39)50-53-49(35-16-4-1-5-17-35)54-51(55-50)37-30-33-42-41-22-10-13-25-45(41)56(46(42)34-37)40-20-8-3-9-21-40/h1-34H. The molecular weight excluding hydrogens is 745 g/mol. The Balaban J connectivity index is 1.10. The maximum atomic E-state index is 14.2. The molecule has 0 radical (unpaired) electrons. The molecule has 0 N–H and O–H groups in total. The summed E-state index contributed by atoms with van der Waals surface area (Å²) >= 11 is 0. The molecule has 2 aromatic heterocycles. The molecule has 0 unspecified atom stereocenters. The van der Waals surface area contributed by atoms with Crippen LogP contribution in [0.1, 0.15) is 22.3 Å². The van der Waals surface area contributed by atoms with Crippen LogP contribution in [-0.4, -0.2) is 27.9 Å². The summed E-state index contributed by atoms with van der Waals surface area (Å²) in [6.07, 6.45) is 0. The lowest BCUT2D eigenvalue weighted by Crippen LogP contribution is -2.37. The van der Waals surface area contributed by atoms with Crippen LogP contribution in [0.4, 0.5) is 0 Å². The van der Waals surface area contributed by atoms with Gasteiger partial charge in [-0.25, -0.2) is 23.4 Å². The topological polar surface area (TPSA) is 77.7 Å². The van der Waals surface area contributed by atoms with Crippen LogP contribution in [0.3, 0.4) is 0 Å². The Kier molecular flexibility index (Phi) is 8.00. The molecule has 1 aliphatic heterocycles. The Morgan fingerprint density at radius 1 is 0.390 bits per heavy atom. The van der Waals surface area contributed by atoms with Gasteiger partial charge in [-0.1, -0.05) is 170 Å². The van der Waals surface area contributed by atoms with Gasteiger partial charge in [-0.05, 0) is 58.7 Å². The largest absolute Gasteiger partial charge is 0.309 e. The van der Waals surface area contributed by atoms with Crippen LogP contribution >= 0.6 is 0 Å². The molecular formula is C52H34N4O2S. The highest BCUT2D eigenvalue weighted by Gasteiger charge is 2.48. The number of sulfone groups is 1. The Labute approximate surface area is 341 Å². The molecule has 3 heterocycles. The van der Waals surface area contributed by atoms with E-state index in [-0.39, 0.29) is 0 Å². The summed E-state index contributed by atoms with van der Waals surface area (Å²) < 4.78 is 30.6. The molecule has 6 nitrogen and oxygen atoms in total. The Bertz CT molecular complexity index is 3280. The van der Waals surface area contributed by atoms with Gasteiger partial charge in [0, 0.05) is 33.2 Å². The molecule has 8 aromatic carbocycles. The quantitative estimate of drug-likeness (QED) is 0.168. The summed E-state index contributed by atoms with van der Waals surface area (Å²) in [6.45, 7) is 0. The van der Waals surface area contributed by atoms with Gasteiger partial charge in [-0.15, -0.1) is 0 Å². The maximum absolute atomic E-state index is 14.2. The molecule has 10 aromatic rings. The van der Waals surface area contributed by atoms with Crippen molar-refractivity contribution in [3.63, 3.8) is 0 Å². The van der Waals surface area contributed by atoms with E-state index < -0.39 is 15.3 Å². The fourth-order valence-corrected chi connectivity index (χ4v) is 10.7. The van der Waals surface area contributed by atoms with E-state index in [1.54, 1.807) is 24.3 Å². The van der Waals surface area contributed by atoms with Crippen molar-refractivity contribution >= 4 is 31.6 Å². The van der Waals surface area contributed by atoms with Crippen molar-refractivity contribution in [1.82, 2.24) is 19.5 Å². The van der Waals surface area contributed by atoms with Gasteiger partial charge in [0.05, 0.1) is 26.2 Å². The smallest absolute Gasteiger partial charge is 0.207 e. The average Bonchev–Trinajstić information content (AvgIpc) is 3.64. The minimum atomic E-state index is -3.77. The molecule has 0 saturated carbocycles. The Morgan fingerprint density at radius 3 is 1.49 bits per heavy atom. The van der Waals surface area contributed by atoms with E-state index in [2.05, 4.69) is 95.6 Å². The van der Waals surface area contributed by atoms with Crippen molar-refractivity contribution in [3.05, 3.63) is 229 Å². The van der Waals surface area contributed by atoms with Crippen molar-refractivity contribution in [2.24, 2.45) is 0 Å². The zero-order valence-corrected chi connectivity index (χ0v) is 32.5. The van der Waals surface area contributed by atoms with Crippen LogP contribution in [0.25, 0.3) is 61.7 Å². The summed E-state index contributed by atoms with van der Waals surface area (Å²) in [5.74, 6) is 1.66. The second-order valence-corrected chi connectivity index (χ2v) is 16.7. The highest BCUT2D eigenvalue weighted by Crippen LogP contribution is 2.53. The van der Waals surface area contributed by atoms with Gasteiger partial charge >= 0.3 is 0 Å². The lowest BCUT2D eigenvalue weighted by atomic mass is 9.65. The first-order valence-corrected chi connectivity index (χ1v) is 21.0. The number of nitrogens with zero attached hydrogens (tertiary/aromatic N) is 4. The molecule has 7 heteroatoms. The number of para-hydroxylation sites is 2. The Hall–Kier alpha value is -7.48. The molecule has 0 aliphatic carbocycles. The highest BCUT2D eigenvalue weighted by molar-refractivity contribution is 7.91. The van der Waals surface area contributed by atoms with Gasteiger partial charge in [0.1, 0.15) is 0 Å². The number of aromatic nitrogens is 4. The summed E-state index contributed by atoms with van der Waals surface area (Å²) in [7, 11) is -3.77. The van der Waals surface area contributed by atoms with E-state index in [0.29, 0.717) is 27.3 Å². The van der Waals surface area contributed by atoms with Crippen LogP contribution in [-0.2, 0) is 15.3 Å². The number of rotatable bonds is 6. The maximum Gasteiger partial charge on any atom is 0.207 e. The van der Waals surface area contributed by atoms with Gasteiger partial charge in [-0.3, -0.25) is 0 Å². The predicted molar refractivity (Wildman–Crippen MR) is 234 cm³/mol. The molecule has 280 valence electrons. The van der Waals surface area contributed by atoms with Crippen LogP contribution < -0.4 is 0 Å². The molecule has 0 spiro atoms. The van der Waals surface area contributed by atoms with Crippen molar-refractivity contribution in [1.29, 1.82) is 0 Å². The first kappa shape index (κ1) is 34.7. The van der Waals surface area contributed by atoms with Gasteiger partial charge in [0.2, 0.25) is 9.84 Å². The SMILES string of the molecule is O=S1(=O)c2ccccc2C(c2ccccc2)(c2ccc(-c3nc(-c4ccccc4)nc(-c4ccc5c6ccccc6n(-c6ccccc6)c5c4)n3)cc2)c2ccccc21.